The lowest BCUT2D eigenvalue weighted by Crippen LogP contribution is -2.55. The fourth-order valence-electron chi connectivity index (χ4n) is 4.86. The van der Waals surface area contributed by atoms with E-state index in [4.69, 9.17) is 10.00 Å². The van der Waals surface area contributed by atoms with Crippen LogP contribution in [0.25, 0.3) is 0 Å². The van der Waals surface area contributed by atoms with Crippen LogP contribution in [-0.2, 0) is 20.5 Å². The van der Waals surface area contributed by atoms with Gasteiger partial charge in [-0.3, -0.25) is 19.3 Å². The van der Waals surface area contributed by atoms with E-state index >= 15 is 4.39 Å². The van der Waals surface area contributed by atoms with Crippen LogP contribution in [0.2, 0.25) is 0 Å². The highest BCUT2D eigenvalue weighted by Gasteiger charge is 2.60. The third kappa shape index (κ3) is 5.30. The number of anilines is 2. The number of pyridine rings is 1. The normalized spacial score (nSPS) is 17.9. The molecular weight excluding hydrogens is 554 g/mol. The lowest BCUT2D eigenvalue weighted by atomic mass is 9.75. The summed E-state index contributed by atoms with van der Waals surface area (Å²) in [5.74, 6) is -2.50. The maximum Gasteiger partial charge on any atom is 0.419 e. The summed E-state index contributed by atoms with van der Waals surface area (Å²) in [4.78, 5) is 43.7. The molecule has 1 aliphatic heterocycles. The van der Waals surface area contributed by atoms with E-state index in [1.807, 2.05) is 0 Å². The first-order valence-electron chi connectivity index (χ1n) is 12.5. The van der Waals surface area contributed by atoms with Crippen LogP contribution >= 0.6 is 12.6 Å². The molecule has 1 aromatic heterocycles. The lowest BCUT2D eigenvalue weighted by Gasteiger charge is -2.44. The number of rotatable bonds is 8. The molecule has 1 spiro atoms. The number of nitrogens with one attached hydrogen (secondary N) is 1. The van der Waals surface area contributed by atoms with Crippen LogP contribution in [0.4, 0.5) is 28.9 Å². The summed E-state index contributed by atoms with van der Waals surface area (Å²) in [6.07, 6.45) is -2.10. The van der Waals surface area contributed by atoms with Crippen molar-refractivity contribution >= 4 is 41.8 Å². The quantitative estimate of drug-likeness (QED) is 0.209. The second-order valence-electron chi connectivity index (χ2n) is 9.30. The van der Waals surface area contributed by atoms with Crippen LogP contribution in [0.1, 0.15) is 60.6 Å². The summed E-state index contributed by atoms with van der Waals surface area (Å²) in [6, 6.07) is 5.84. The van der Waals surface area contributed by atoms with E-state index in [0.717, 1.165) is 17.2 Å². The molecule has 4 rings (SSSR count). The average molecular weight is 580 g/mol. The molecular formula is C26H25F4N5O4S. The van der Waals surface area contributed by atoms with Crippen LogP contribution in [0.15, 0.2) is 30.5 Å². The number of carbonyl (C=O) groups is 3. The number of aromatic nitrogens is 1. The molecule has 40 heavy (non-hydrogen) atoms. The molecule has 1 saturated carbocycles. The van der Waals surface area contributed by atoms with Gasteiger partial charge in [-0.2, -0.15) is 18.4 Å². The Morgan fingerprint density at radius 1 is 1.27 bits per heavy atom. The molecule has 1 saturated heterocycles. The topological polar surface area (TPSA) is 116 Å². The van der Waals surface area contributed by atoms with Crippen molar-refractivity contribution in [3.05, 3.63) is 53.1 Å². The fourth-order valence-corrected chi connectivity index (χ4v) is 5.45. The average Bonchev–Trinajstić information content (AvgIpc) is 3.12. The van der Waals surface area contributed by atoms with Crippen molar-refractivity contribution in [3.8, 4) is 6.07 Å². The van der Waals surface area contributed by atoms with Crippen LogP contribution in [-0.4, -0.2) is 47.0 Å². The third-order valence-corrected chi connectivity index (χ3v) is 7.37. The lowest BCUT2D eigenvalue weighted by molar-refractivity contribution is -0.143. The smallest absolute Gasteiger partial charge is 0.419 e. The number of carbonyl (C=O) groups excluding carboxylic acids is 3. The van der Waals surface area contributed by atoms with Gasteiger partial charge in [-0.25, -0.2) is 9.37 Å². The number of halogens is 4. The van der Waals surface area contributed by atoms with Gasteiger partial charge >= 0.3 is 12.1 Å². The molecule has 0 bridgehead atoms. The molecule has 1 atom stereocenters. The minimum atomic E-state index is -4.88. The Kier molecular flexibility index (Phi) is 8.25. The van der Waals surface area contributed by atoms with Gasteiger partial charge in [0, 0.05) is 18.7 Å². The van der Waals surface area contributed by atoms with Crippen LogP contribution in [0, 0.1) is 17.1 Å². The molecule has 1 unspecified atom stereocenters. The minimum Gasteiger partial charge on any atom is -0.466 e. The number of hydrogen-bond donors (Lipinski definition) is 2. The van der Waals surface area contributed by atoms with E-state index in [0.29, 0.717) is 31.7 Å². The Labute approximate surface area is 232 Å². The zero-order valence-corrected chi connectivity index (χ0v) is 22.2. The summed E-state index contributed by atoms with van der Waals surface area (Å²) in [5, 5.41) is 11.6. The maximum absolute atomic E-state index is 15.1. The van der Waals surface area contributed by atoms with Gasteiger partial charge in [0.25, 0.3) is 11.8 Å². The molecule has 1 N–H and O–H groups in total. The number of ether oxygens (including phenoxy) is 1. The highest BCUT2D eigenvalue weighted by Crippen LogP contribution is 2.50. The Bertz CT molecular complexity index is 1380. The number of thiol groups is 1. The predicted molar refractivity (Wildman–Crippen MR) is 138 cm³/mol. The Morgan fingerprint density at radius 2 is 2.00 bits per heavy atom. The Hall–Kier alpha value is -3.86. The van der Waals surface area contributed by atoms with Crippen molar-refractivity contribution in [2.45, 2.75) is 56.2 Å². The van der Waals surface area contributed by atoms with Crippen molar-refractivity contribution in [3.63, 3.8) is 0 Å². The molecule has 9 nitrogen and oxygen atoms in total. The first kappa shape index (κ1) is 29.1. The SMILES string of the molecule is CCOC(=O)CCCNC(=O)c1ccc(N2C(S)N(c3cnc(C#N)c(C(F)(F)F)c3)C(=O)C23CCC3)cc1F. The summed E-state index contributed by atoms with van der Waals surface area (Å²) < 4.78 is 60.6. The zero-order valence-electron chi connectivity index (χ0n) is 21.3. The number of hydrogen-bond acceptors (Lipinski definition) is 8. The largest absolute Gasteiger partial charge is 0.466 e. The van der Waals surface area contributed by atoms with Gasteiger partial charge in [-0.15, -0.1) is 12.6 Å². The van der Waals surface area contributed by atoms with Crippen molar-refractivity contribution in [2.75, 3.05) is 23.0 Å². The molecule has 212 valence electrons. The highest BCUT2D eigenvalue weighted by atomic mass is 32.1. The second-order valence-corrected chi connectivity index (χ2v) is 9.77. The maximum atomic E-state index is 15.1. The first-order valence-corrected chi connectivity index (χ1v) is 13.0. The number of nitrogens with zero attached hydrogens (tertiary/aromatic N) is 4. The van der Waals surface area contributed by atoms with Crippen molar-refractivity contribution < 1.29 is 36.7 Å². The van der Waals surface area contributed by atoms with E-state index in [-0.39, 0.29) is 36.5 Å². The molecule has 14 heteroatoms. The van der Waals surface area contributed by atoms with E-state index in [1.54, 1.807) is 6.92 Å². The number of alkyl halides is 3. The van der Waals surface area contributed by atoms with Gasteiger partial charge in [0.2, 0.25) is 0 Å². The van der Waals surface area contributed by atoms with Gasteiger partial charge in [0.1, 0.15) is 17.4 Å². The van der Waals surface area contributed by atoms with Gasteiger partial charge < -0.3 is 15.0 Å². The summed E-state index contributed by atoms with van der Waals surface area (Å²) >= 11 is 4.53. The Balaban J connectivity index is 1.58. The van der Waals surface area contributed by atoms with Crippen LogP contribution in [0.3, 0.4) is 0 Å². The molecule has 1 aliphatic carbocycles. The highest BCUT2D eigenvalue weighted by molar-refractivity contribution is 7.81. The molecule has 0 radical (unpaired) electrons. The molecule has 2 amide bonds. The third-order valence-electron chi connectivity index (χ3n) is 6.91. The molecule has 1 aromatic carbocycles. The summed E-state index contributed by atoms with van der Waals surface area (Å²) in [5.41, 5.74) is -4.65. The summed E-state index contributed by atoms with van der Waals surface area (Å²) in [7, 11) is 0. The number of benzene rings is 1. The number of nitriles is 1. The van der Waals surface area contributed by atoms with Crippen LogP contribution in [0.5, 0.6) is 0 Å². The van der Waals surface area contributed by atoms with Crippen molar-refractivity contribution in [1.82, 2.24) is 10.3 Å². The second kappa shape index (κ2) is 11.3. The molecule has 2 heterocycles. The molecule has 2 fully saturated rings. The van der Waals surface area contributed by atoms with Gasteiger partial charge in [-0.1, -0.05) is 0 Å². The fraction of sp³-hybridized carbons (Fsp3) is 0.423. The number of amides is 2. The molecule has 2 aliphatic rings. The van der Waals surface area contributed by atoms with Crippen molar-refractivity contribution in [2.24, 2.45) is 0 Å². The van der Waals surface area contributed by atoms with E-state index < -0.39 is 52.1 Å². The van der Waals surface area contributed by atoms with Gasteiger partial charge in [0.15, 0.2) is 11.2 Å². The van der Waals surface area contributed by atoms with E-state index in [2.05, 4.69) is 22.9 Å². The van der Waals surface area contributed by atoms with Crippen molar-refractivity contribution in [1.29, 1.82) is 5.26 Å². The minimum absolute atomic E-state index is 0.0969. The summed E-state index contributed by atoms with van der Waals surface area (Å²) in [6.45, 7) is 2.05. The number of esters is 1. The monoisotopic (exact) mass is 579 g/mol. The van der Waals surface area contributed by atoms with Crippen LogP contribution < -0.4 is 15.1 Å². The first-order chi connectivity index (χ1) is 18.9. The standard InChI is InChI=1S/C26H25F4N5O4S/c1-2-39-21(36)5-3-10-32-22(37)17-7-6-15(12-19(17)27)35-24(40)34(23(38)25(35)8-4-9-25)16-11-18(26(28,29)30)20(13-31)33-14-16/h6-7,11-12,14,24,40H,2-5,8-10H2,1H3,(H,32,37). The molecule has 2 aromatic rings. The predicted octanol–water partition coefficient (Wildman–Crippen LogP) is 4.17. The van der Waals surface area contributed by atoms with Gasteiger partial charge in [-0.05, 0) is 56.9 Å². The van der Waals surface area contributed by atoms with E-state index in [9.17, 15) is 27.6 Å². The zero-order chi connectivity index (χ0) is 29.2. The van der Waals surface area contributed by atoms with E-state index in [1.165, 1.54) is 23.1 Å². The Morgan fingerprint density at radius 3 is 2.58 bits per heavy atom. The van der Waals surface area contributed by atoms with Gasteiger partial charge in [0.05, 0.1) is 29.6 Å².